The van der Waals surface area contributed by atoms with Crippen molar-refractivity contribution < 1.29 is 24.5 Å². The van der Waals surface area contributed by atoms with Gasteiger partial charge in [0, 0.05) is 6.42 Å². The Labute approximate surface area is 349 Å². The standard InChI is InChI=1S/C50H97NO5/c1-4-7-10-13-16-19-22-24-26-28-30-33-36-39-42-48(53)47(45-52)51-49(54)44-46(41-38-35-32-29-27-25-23-20-17-14-11-8-5-2)56-50(55)43-40-37-34-31-21-18-15-12-9-6-3/h12,15,46-48,52-53H,4-11,13-14,16-45H2,1-3H3,(H,51,54)/b15-12-. The van der Waals surface area contributed by atoms with Crippen LogP contribution in [0.1, 0.15) is 271 Å². The molecule has 0 radical (unpaired) electrons. The van der Waals surface area contributed by atoms with Crippen molar-refractivity contribution in [2.45, 2.75) is 289 Å². The lowest BCUT2D eigenvalue weighted by molar-refractivity contribution is -0.151. The lowest BCUT2D eigenvalue weighted by Crippen LogP contribution is -2.46. The average Bonchev–Trinajstić information content (AvgIpc) is 3.19. The summed E-state index contributed by atoms with van der Waals surface area (Å²) in [5.41, 5.74) is 0. The summed E-state index contributed by atoms with van der Waals surface area (Å²) in [5, 5.41) is 23.7. The maximum Gasteiger partial charge on any atom is 0.306 e. The van der Waals surface area contributed by atoms with Gasteiger partial charge in [0.15, 0.2) is 0 Å². The molecule has 3 N–H and O–H groups in total. The Bertz CT molecular complexity index is 847. The molecule has 0 rings (SSSR count). The van der Waals surface area contributed by atoms with E-state index in [2.05, 4.69) is 38.2 Å². The highest BCUT2D eigenvalue weighted by Crippen LogP contribution is 2.18. The number of rotatable bonds is 45. The molecule has 3 atom stereocenters. The molecule has 0 aromatic heterocycles. The summed E-state index contributed by atoms with van der Waals surface area (Å²) in [7, 11) is 0. The molecule has 0 aliphatic heterocycles. The summed E-state index contributed by atoms with van der Waals surface area (Å²) in [4.78, 5) is 26.0. The van der Waals surface area contributed by atoms with E-state index in [9.17, 15) is 19.8 Å². The van der Waals surface area contributed by atoms with Crippen LogP contribution in [-0.2, 0) is 14.3 Å². The van der Waals surface area contributed by atoms with Gasteiger partial charge in [-0.1, -0.05) is 226 Å². The Kier molecular flexibility index (Phi) is 43.6. The van der Waals surface area contributed by atoms with E-state index in [0.717, 1.165) is 57.8 Å². The van der Waals surface area contributed by atoms with Crippen LogP contribution in [0.15, 0.2) is 12.2 Å². The zero-order valence-electron chi connectivity index (χ0n) is 37.8. The molecule has 0 heterocycles. The quantitative estimate of drug-likeness (QED) is 0.0324. The van der Waals surface area contributed by atoms with Crippen molar-refractivity contribution in [3.8, 4) is 0 Å². The topological polar surface area (TPSA) is 95.9 Å². The summed E-state index contributed by atoms with van der Waals surface area (Å²) in [5.74, 6) is -0.471. The van der Waals surface area contributed by atoms with E-state index in [1.54, 1.807) is 0 Å². The Morgan fingerprint density at radius 2 is 0.893 bits per heavy atom. The molecule has 6 heteroatoms. The van der Waals surface area contributed by atoms with Crippen LogP contribution in [0.4, 0.5) is 0 Å². The Balaban J connectivity index is 4.51. The van der Waals surface area contributed by atoms with E-state index in [0.29, 0.717) is 19.3 Å². The number of amides is 1. The van der Waals surface area contributed by atoms with Gasteiger partial charge in [-0.2, -0.15) is 0 Å². The number of hydrogen-bond acceptors (Lipinski definition) is 5. The highest BCUT2D eigenvalue weighted by Gasteiger charge is 2.24. The van der Waals surface area contributed by atoms with Crippen LogP contribution in [0, 0.1) is 0 Å². The van der Waals surface area contributed by atoms with Crippen LogP contribution in [0.3, 0.4) is 0 Å². The SMILES string of the molecule is CCC/C=C\CCCCCCCC(=O)OC(CCCCCCCCCCCCCCC)CC(=O)NC(CO)C(O)CCCCCCCCCCCCCCCC. The highest BCUT2D eigenvalue weighted by molar-refractivity contribution is 5.77. The lowest BCUT2D eigenvalue weighted by atomic mass is 10.0. The summed E-state index contributed by atoms with van der Waals surface area (Å²) in [6.07, 6.45) is 48.4. The van der Waals surface area contributed by atoms with Gasteiger partial charge in [0.2, 0.25) is 5.91 Å². The fourth-order valence-electron chi connectivity index (χ4n) is 7.79. The lowest BCUT2D eigenvalue weighted by Gasteiger charge is -2.24. The molecule has 3 unspecified atom stereocenters. The third-order valence-corrected chi connectivity index (χ3v) is 11.6. The largest absolute Gasteiger partial charge is 0.462 e. The van der Waals surface area contributed by atoms with Gasteiger partial charge in [0.25, 0.3) is 0 Å². The normalized spacial score (nSPS) is 13.3. The molecule has 0 aromatic rings. The number of ether oxygens (including phenoxy) is 1. The number of aliphatic hydroxyl groups excluding tert-OH is 2. The third-order valence-electron chi connectivity index (χ3n) is 11.6. The van der Waals surface area contributed by atoms with E-state index < -0.39 is 18.2 Å². The highest BCUT2D eigenvalue weighted by atomic mass is 16.5. The van der Waals surface area contributed by atoms with E-state index >= 15 is 0 Å². The molecule has 0 aromatic carbocycles. The van der Waals surface area contributed by atoms with Gasteiger partial charge in [-0.3, -0.25) is 9.59 Å². The number of carbonyl (C=O) groups excluding carboxylic acids is 2. The molecule has 0 bridgehead atoms. The van der Waals surface area contributed by atoms with Crippen LogP contribution in [0.25, 0.3) is 0 Å². The van der Waals surface area contributed by atoms with Gasteiger partial charge in [-0.25, -0.2) is 0 Å². The van der Waals surface area contributed by atoms with Crippen molar-refractivity contribution in [1.82, 2.24) is 5.32 Å². The fraction of sp³-hybridized carbons (Fsp3) is 0.920. The molecular formula is C50H97NO5. The Morgan fingerprint density at radius 3 is 1.34 bits per heavy atom. The number of hydrogen-bond donors (Lipinski definition) is 3. The zero-order chi connectivity index (χ0) is 41.0. The van der Waals surface area contributed by atoms with Crippen LogP contribution in [0.2, 0.25) is 0 Å². The van der Waals surface area contributed by atoms with Crippen LogP contribution in [0.5, 0.6) is 0 Å². The second-order valence-electron chi connectivity index (χ2n) is 17.2. The van der Waals surface area contributed by atoms with Gasteiger partial charge in [0.1, 0.15) is 6.10 Å². The summed E-state index contributed by atoms with van der Waals surface area (Å²) in [6, 6.07) is -0.695. The molecule has 0 saturated carbocycles. The van der Waals surface area contributed by atoms with Crippen molar-refractivity contribution in [2.24, 2.45) is 0 Å². The first kappa shape index (κ1) is 54.6. The van der Waals surface area contributed by atoms with Crippen molar-refractivity contribution in [1.29, 1.82) is 0 Å². The Hall–Kier alpha value is -1.40. The molecule has 56 heavy (non-hydrogen) atoms. The van der Waals surface area contributed by atoms with Crippen LogP contribution in [-0.4, -0.2) is 46.9 Å². The minimum atomic E-state index is -0.782. The summed E-state index contributed by atoms with van der Waals surface area (Å²) < 4.78 is 5.91. The molecule has 332 valence electrons. The van der Waals surface area contributed by atoms with Crippen LogP contribution >= 0.6 is 0 Å². The maximum atomic E-state index is 13.2. The number of allylic oxidation sites excluding steroid dienone is 2. The van der Waals surface area contributed by atoms with Gasteiger partial charge in [-0.05, 0) is 44.9 Å². The average molecular weight is 792 g/mol. The van der Waals surface area contributed by atoms with E-state index in [1.165, 1.54) is 167 Å². The van der Waals surface area contributed by atoms with E-state index in [1.807, 2.05) is 0 Å². The molecule has 0 aliphatic rings. The predicted octanol–water partition coefficient (Wildman–Crippen LogP) is 14.6. The number of nitrogens with one attached hydrogen (secondary N) is 1. The van der Waals surface area contributed by atoms with Crippen molar-refractivity contribution in [3.63, 3.8) is 0 Å². The van der Waals surface area contributed by atoms with Gasteiger partial charge in [0.05, 0.1) is 25.2 Å². The molecule has 0 saturated heterocycles. The fourth-order valence-corrected chi connectivity index (χ4v) is 7.79. The van der Waals surface area contributed by atoms with E-state index in [4.69, 9.17) is 4.74 Å². The van der Waals surface area contributed by atoms with Crippen molar-refractivity contribution in [3.05, 3.63) is 12.2 Å². The molecular weight excluding hydrogens is 695 g/mol. The Morgan fingerprint density at radius 1 is 0.500 bits per heavy atom. The monoisotopic (exact) mass is 792 g/mol. The van der Waals surface area contributed by atoms with Crippen molar-refractivity contribution in [2.75, 3.05) is 6.61 Å². The molecule has 0 spiro atoms. The van der Waals surface area contributed by atoms with Gasteiger partial charge in [-0.15, -0.1) is 0 Å². The molecule has 1 amide bonds. The minimum absolute atomic E-state index is 0.0810. The number of esters is 1. The second-order valence-corrected chi connectivity index (χ2v) is 17.2. The number of aliphatic hydroxyl groups is 2. The first-order valence-electron chi connectivity index (χ1n) is 24.9. The first-order chi connectivity index (χ1) is 27.5. The zero-order valence-corrected chi connectivity index (χ0v) is 37.8. The number of carbonyl (C=O) groups is 2. The molecule has 0 fully saturated rings. The first-order valence-corrected chi connectivity index (χ1v) is 24.9. The third kappa shape index (κ3) is 39.4. The van der Waals surface area contributed by atoms with Crippen molar-refractivity contribution >= 4 is 11.9 Å². The summed E-state index contributed by atoms with van der Waals surface area (Å²) in [6.45, 7) is 6.44. The molecule has 0 aliphatic carbocycles. The predicted molar refractivity (Wildman–Crippen MR) is 241 cm³/mol. The maximum absolute atomic E-state index is 13.2. The second kappa shape index (κ2) is 44.7. The number of unbranched alkanes of at least 4 members (excludes halogenated alkanes) is 31. The van der Waals surface area contributed by atoms with E-state index in [-0.39, 0.29) is 24.9 Å². The molecule has 6 nitrogen and oxygen atoms in total. The van der Waals surface area contributed by atoms with Gasteiger partial charge >= 0.3 is 5.97 Å². The van der Waals surface area contributed by atoms with Crippen LogP contribution < -0.4 is 5.32 Å². The smallest absolute Gasteiger partial charge is 0.306 e. The van der Waals surface area contributed by atoms with Gasteiger partial charge < -0.3 is 20.3 Å². The minimum Gasteiger partial charge on any atom is -0.462 e. The summed E-state index contributed by atoms with van der Waals surface area (Å²) >= 11 is 0.